The number of carbonyl (C=O) groups excluding carboxylic acids is 1. The Morgan fingerprint density at radius 1 is 1.00 bits per heavy atom. The van der Waals surface area contributed by atoms with E-state index in [1.54, 1.807) is 18.2 Å². The van der Waals surface area contributed by atoms with Crippen molar-refractivity contribution >= 4 is 30.9 Å². The molecule has 1 aliphatic carbocycles. The van der Waals surface area contributed by atoms with Crippen LogP contribution in [0.3, 0.4) is 0 Å². The monoisotopic (exact) mass is 487 g/mol. The van der Waals surface area contributed by atoms with Gasteiger partial charge in [0.05, 0.1) is 13.2 Å². The fraction of sp³-hybridized carbons (Fsp3) is 0.280. The van der Waals surface area contributed by atoms with Crippen molar-refractivity contribution < 1.29 is 14.3 Å². The maximum atomic E-state index is 12.9. The molecule has 1 atom stereocenters. The van der Waals surface area contributed by atoms with Gasteiger partial charge < -0.3 is 19.7 Å². The van der Waals surface area contributed by atoms with Gasteiger partial charge in [0.2, 0.25) is 5.88 Å². The van der Waals surface area contributed by atoms with E-state index in [4.69, 9.17) is 9.47 Å². The average molecular weight is 488 g/mol. The summed E-state index contributed by atoms with van der Waals surface area (Å²) in [5.74, 6) is 0.642. The van der Waals surface area contributed by atoms with Crippen molar-refractivity contribution in [1.29, 1.82) is 0 Å². The maximum Gasteiger partial charge on any atom is 0.409 e. The Morgan fingerprint density at radius 2 is 1.64 bits per heavy atom. The summed E-state index contributed by atoms with van der Waals surface area (Å²) in [6.07, 6.45) is 1.42. The Hall–Kier alpha value is -2.80. The lowest BCUT2D eigenvalue weighted by Gasteiger charge is -2.33. The van der Waals surface area contributed by atoms with E-state index in [1.807, 2.05) is 24.3 Å². The predicted octanol–water partition coefficient (Wildman–Crippen LogP) is 4.83. The van der Waals surface area contributed by atoms with E-state index in [-0.39, 0.29) is 42.9 Å². The predicted molar refractivity (Wildman–Crippen MR) is 133 cm³/mol. The summed E-state index contributed by atoms with van der Waals surface area (Å²) in [5, 5.41) is 3.45. The Morgan fingerprint density at radius 3 is 2.30 bits per heavy atom. The first-order valence-corrected chi connectivity index (χ1v) is 10.6. The van der Waals surface area contributed by atoms with Gasteiger partial charge in [0.15, 0.2) is 0 Å². The molecule has 2 aliphatic rings. The number of nitrogens with zero attached hydrogens (tertiary/aromatic N) is 2. The molecular formula is C25H27Cl2N3O3. The van der Waals surface area contributed by atoms with Gasteiger partial charge in [-0.15, -0.1) is 24.8 Å². The number of hydrogen-bond donors (Lipinski definition) is 1. The summed E-state index contributed by atoms with van der Waals surface area (Å²) in [6.45, 7) is 2.14. The maximum absolute atomic E-state index is 12.9. The summed E-state index contributed by atoms with van der Waals surface area (Å²) in [4.78, 5) is 19.0. The highest BCUT2D eigenvalue weighted by Crippen LogP contribution is 2.44. The van der Waals surface area contributed by atoms with Crippen molar-refractivity contribution in [3.05, 3.63) is 83.6 Å². The molecule has 174 valence electrons. The van der Waals surface area contributed by atoms with Gasteiger partial charge in [-0.25, -0.2) is 9.78 Å². The molecule has 0 saturated carbocycles. The quantitative estimate of drug-likeness (QED) is 0.570. The van der Waals surface area contributed by atoms with E-state index in [2.05, 4.69) is 46.7 Å². The van der Waals surface area contributed by atoms with Crippen LogP contribution in [0.4, 0.5) is 4.79 Å². The van der Waals surface area contributed by atoms with Crippen LogP contribution in [0.5, 0.6) is 5.88 Å². The topological polar surface area (TPSA) is 63.7 Å². The van der Waals surface area contributed by atoms with Crippen LogP contribution in [-0.2, 0) is 4.74 Å². The third-order valence-corrected chi connectivity index (χ3v) is 6.14. The Labute approximate surface area is 206 Å². The van der Waals surface area contributed by atoms with Gasteiger partial charge in [-0.1, -0.05) is 54.6 Å². The van der Waals surface area contributed by atoms with Crippen molar-refractivity contribution in [3.63, 3.8) is 0 Å². The molecule has 1 fully saturated rings. The molecule has 1 aromatic heterocycles. The van der Waals surface area contributed by atoms with E-state index >= 15 is 0 Å². The summed E-state index contributed by atoms with van der Waals surface area (Å²) in [5.41, 5.74) is 5.83. The zero-order valence-corrected chi connectivity index (χ0v) is 19.9. The number of rotatable bonds is 4. The second-order valence-corrected chi connectivity index (χ2v) is 7.86. The number of nitrogens with one attached hydrogen (secondary N) is 1. The van der Waals surface area contributed by atoms with Crippen molar-refractivity contribution in [3.8, 4) is 17.0 Å². The SMILES string of the molecule is COc1ncccc1C1CN(C(=O)OCC2c3ccccc3-c3ccccc32)CCN1.Cl.Cl. The largest absolute Gasteiger partial charge is 0.481 e. The molecule has 5 rings (SSSR count). The highest BCUT2D eigenvalue weighted by molar-refractivity contribution is 5.85. The number of benzene rings is 2. The van der Waals surface area contributed by atoms with E-state index in [0.29, 0.717) is 32.1 Å². The van der Waals surface area contributed by atoms with Crippen LogP contribution in [0.25, 0.3) is 11.1 Å². The molecule has 1 N–H and O–H groups in total. The number of piperazine rings is 1. The zero-order valence-electron chi connectivity index (χ0n) is 18.3. The van der Waals surface area contributed by atoms with Crippen LogP contribution in [0, 0.1) is 0 Å². The molecule has 1 unspecified atom stereocenters. The highest BCUT2D eigenvalue weighted by atomic mass is 35.5. The second-order valence-electron chi connectivity index (χ2n) is 7.86. The molecule has 0 bridgehead atoms. The number of amides is 1. The van der Waals surface area contributed by atoms with Crippen LogP contribution in [-0.4, -0.2) is 49.3 Å². The molecule has 1 amide bonds. The molecule has 1 saturated heterocycles. The van der Waals surface area contributed by atoms with Crippen LogP contribution in [0.15, 0.2) is 66.9 Å². The third kappa shape index (κ3) is 4.78. The van der Waals surface area contributed by atoms with Crippen LogP contribution >= 0.6 is 24.8 Å². The Kier molecular flexibility index (Phi) is 8.19. The van der Waals surface area contributed by atoms with Gasteiger partial charge in [0, 0.05) is 37.3 Å². The van der Waals surface area contributed by atoms with Gasteiger partial charge in [0.25, 0.3) is 0 Å². The zero-order chi connectivity index (χ0) is 21.2. The summed E-state index contributed by atoms with van der Waals surface area (Å²) < 4.78 is 11.2. The van der Waals surface area contributed by atoms with Crippen molar-refractivity contribution in [2.45, 2.75) is 12.0 Å². The van der Waals surface area contributed by atoms with Gasteiger partial charge in [-0.2, -0.15) is 0 Å². The van der Waals surface area contributed by atoms with Gasteiger partial charge in [-0.05, 0) is 28.3 Å². The molecular weight excluding hydrogens is 461 g/mol. The standard InChI is InChI=1S/C25H25N3O3.2ClH/c1-30-24-21(11-6-12-27-24)23-15-28(14-13-26-23)25(29)31-16-22-19-9-4-2-7-17(19)18-8-3-5-10-20(18)22;;/h2-12,22-23,26H,13-16H2,1H3;2*1H. The number of hydrogen-bond acceptors (Lipinski definition) is 5. The first-order chi connectivity index (χ1) is 15.3. The number of pyridine rings is 1. The van der Waals surface area contributed by atoms with Crippen LogP contribution in [0.2, 0.25) is 0 Å². The number of halogens is 2. The van der Waals surface area contributed by atoms with Gasteiger partial charge >= 0.3 is 6.09 Å². The lowest BCUT2D eigenvalue weighted by atomic mass is 9.98. The average Bonchev–Trinajstić information content (AvgIpc) is 3.16. The molecule has 6 nitrogen and oxygen atoms in total. The van der Waals surface area contributed by atoms with Crippen LogP contribution < -0.4 is 10.1 Å². The second kappa shape index (κ2) is 10.9. The number of ether oxygens (including phenoxy) is 2. The minimum absolute atomic E-state index is 0. The summed E-state index contributed by atoms with van der Waals surface area (Å²) >= 11 is 0. The van der Waals surface area contributed by atoms with Crippen molar-refractivity contribution in [1.82, 2.24) is 15.2 Å². The Balaban J connectivity index is 0.00000153. The normalized spacial score (nSPS) is 16.6. The molecule has 1 aliphatic heterocycles. The molecule has 2 heterocycles. The van der Waals surface area contributed by atoms with Gasteiger partial charge in [0.1, 0.15) is 6.61 Å². The van der Waals surface area contributed by atoms with E-state index in [1.165, 1.54) is 22.3 Å². The first-order valence-electron chi connectivity index (χ1n) is 10.6. The van der Waals surface area contributed by atoms with Crippen molar-refractivity contribution in [2.24, 2.45) is 0 Å². The summed E-state index contributed by atoms with van der Waals surface area (Å²) in [7, 11) is 1.61. The smallest absolute Gasteiger partial charge is 0.409 e. The number of fused-ring (bicyclic) bond motifs is 3. The lowest BCUT2D eigenvalue weighted by Crippen LogP contribution is -2.48. The van der Waals surface area contributed by atoms with E-state index in [9.17, 15) is 4.79 Å². The van der Waals surface area contributed by atoms with E-state index < -0.39 is 0 Å². The lowest BCUT2D eigenvalue weighted by molar-refractivity contribution is 0.0880. The minimum Gasteiger partial charge on any atom is -0.481 e. The number of carbonyl (C=O) groups is 1. The highest BCUT2D eigenvalue weighted by Gasteiger charge is 2.31. The first kappa shape index (κ1) is 24.8. The minimum atomic E-state index is -0.281. The van der Waals surface area contributed by atoms with E-state index in [0.717, 1.165) is 5.56 Å². The van der Waals surface area contributed by atoms with Gasteiger partial charge in [-0.3, -0.25) is 0 Å². The molecule has 8 heteroatoms. The molecule has 0 radical (unpaired) electrons. The third-order valence-electron chi connectivity index (χ3n) is 6.14. The molecule has 0 spiro atoms. The molecule has 2 aromatic carbocycles. The fourth-order valence-electron chi connectivity index (χ4n) is 4.65. The fourth-order valence-corrected chi connectivity index (χ4v) is 4.65. The Bertz CT molecular complexity index is 1070. The van der Waals surface area contributed by atoms with Crippen LogP contribution in [0.1, 0.15) is 28.7 Å². The number of aromatic nitrogens is 1. The number of methoxy groups -OCH3 is 1. The molecule has 3 aromatic rings. The summed E-state index contributed by atoms with van der Waals surface area (Å²) in [6, 6.07) is 20.5. The van der Waals surface area contributed by atoms with Crippen molar-refractivity contribution in [2.75, 3.05) is 33.4 Å². The molecule has 33 heavy (non-hydrogen) atoms.